The number of imidazole rings is 1. The van der Waals surface area contributed by atoms with Crippen molar-refractivity contribution in [2.75, 3.05) is 38.6 Å². The molecule has 1 aliphatic rings. The Morgan fingerprint density at radius 1 is 0.920 bits per heavy atom. The number of aromatic nitrogens is 2. The molecule has 4 rings (SSSR count). The molecular formula is C20H25N4O+. The first-order valence-corrected chi connectivity index (χ1v) is 8.93. The molecule has 0 aliphatic carbocycles. The van der Waals surface area contributed by atoms with Gasteiger partial charge in [0.1, 0.15) is 11.0 Å². The van der Waals surface area contributed by atoms with Crippen molar-refractivity contribution >= 4 is 17.0 Å². The third-order valence-corrected chi connectivity index (χ3v) is 4.94. The number of fused-ring (bicyclic) bond motifs is 1. The van der Waals surface area contributed by atoms with Crippen LogP contribution in [-0.4, -0.2) is 42.3 Å². The summed E-state index contributed by atoms with van der Waals surface area (Å²) in [7, 11) is 0. The SMILES string of the molecule is Nc1n(CCN2CCOCC2)c2ccccc2[n+]1Cc1ccccc1. The smallest absolute Gasteiger partial charge is 0.356 e. The van der Waals surface area contributed by atoms with Gasteiger partial charge in [-0.15, -0.1) is 0 Å². The Kier molecular flexibility index (Phi) is 4.68. The second kappa shape index (κ2) is 7.25. The van der Waals surface area contributed by atoms with Crippen molar-refractivity contribution in [1.29, 1.82) is 0 Å². The number of nitrogen functional groups attached to an aromatic ring is 1. The number of nitrogens with two attached hydrogens (primary N) is 1. The maximum absolute atomic E-state index is 6.56. The maximum atomic E-state index is 6.56. The van der Waals surface area contributed by atoms with Crippen LogP contribution in [0.3, 0.4) is 0 Å². The summed E-state index contributed by atoms with van der Waals surface area (Å²) in [6, 6.07) is 19.0. The molecule has 1 aliphatic heterocycles. The van der Waals surface area contributed by atoms with Gasteiger partial charge in [0.2, 0.25) is 0 Å². The van der Waals surface area contributed by atoms with Crippen molar-refractivity contribution in [2.24, 2.45) is 0 Å². The Morgan fingerprint density at radius 3 is 2.44 bits per heavy atom. The van der Waals surface area contributed by atoms with Gasteiger partial charge in [-0.05, 0) is 17.7 Å². The van der Waals surface area contributed by atoms with E-state index in [1.165, 1.54) is 16.6 Å². The number of hydrogen-bond donors (Lipinski definition) is 1. The van der Waals surface area contributed by atoms with E-state index in [-0.39, 0.29) is 0 Å². The van der Waals surface area contributed by atoms with Crippen molar-refractivity contribution in [3.8, 4) is 0 Å². The number of morpholine rings is 1. The highest BCUT2D eigenvalue weighted by molar-refractivity contribution is 5.73. The molecule has 2 N–H and O–H groups in total. The van der Waals surface area contributed by atoms with E-state index in [0.29, 0.717) is 0 Å². The van der Waals surface area contributed by atoms with E-state index in [1.54, 1.807) is 0 Å². The van der Waals surface area contributed by atoms with Crippen LogP contribution in [0.2, 0.25) is 0 Å². The van der Waals surface area contributed by atoms with Gasteiger partial charge in [0.25, 0.3) is 0 Å². The fourth-order valence-electron chi connectivity index (χ4n) is 3.55. The van der Waals surface area contributed by atoms with Gasteiger partial charge in [-0.3, -0.25) is 10.6 Å². The maximum Gasteiger partial charge on any atom is 0.356 e. The van der Waals surface area contributed by atoms with Crippen LogP contribution >= 0.6 is 0 Å². The number of nitrogens with zero attached hydrogens (tertiary/aromatic N) is 3. The summed E-state index contributed by atoms with van der Waals surface area (Å²) in [5, 5.41) is 0. The molecule has 2 heterocycles. The average Bonchev–Trinajstić information content (AvgIpc) is 2.93. The van der Waals surface area contributed by atoms with Crippen molar-refractivity contribution < 1.29 is 9.30 Å². The zero-order valence-corrected chi connectivity index (χ0v) is 14.5. The Balaban J connectivity index is 1.63. The topological polar surface area (TPSA) is 47.3 Å². The van der Waals surface area contributed by atoms with E-state index in [9.17, 15) is 0 Å². The summed E-state index contributed by atoms with van der Waals surface area (Å²) < 4.78 is 9.90. The molecule has 2 aromatic carbocycles. The van der Waals surface area contributed by atoms with Crippen LogP contribution in [0.1, 0.15) is 5.56 Å². The zero-order valence-electron chi connectivity index (χ0n) is 14.5. The van der Waals surface area contributed by atoms with Gasteiger partial charge in [0.15, 0.2) is 0 Å². The third kappa shape index (κ3) is 3.38. The lowest BCUT2D eigenvalue weighted by molar-refractivity contribution is -0.648. The van der Waals surface area contributed by atoms with Gasteiger partial charge in [0, 0.05) is 19.6 Å². The van der Waals surface area contributed by atoms with Crippen molar-refractivity contribution in [3.63, 3.8) is 0 Å². The molecule has 1 aromatic heterocycles. The number of rotatable bonds is 5. The Labute approximate surface area is 148 Å². The summed E-state index contributed by atoms with van der Waals surface area (Å²) in [4.78, 5) is 2.44. The van der Waals surface area contributed by atoms with E-state index in [1.807, 2.05) is 6.07 Å². The fraction of sp³-hybridized carbons (Fsp3) is 0.350. The van der Waals surface area contributed by atoms with Crippen LogP contribution < -0.4 is 10.3 Å². The molecule has 0 unspecified atom stereocenters. The summed E-state index contributed by atoms with van der Waals surface area (Å²) in [6.07, 6.45) is 0. The standard InChI is InChI=1S/C20H24N4O/c21-20-23(11-10-22-12-14-25-15-13-22)18-8-4-5-9-19(18)24(20)16-17-6-2-1-3-7-17/h1-9,21H,10-16H2/p+1. The first-order valence-electron chi connectivity index (χ1n) is 8.93. The van der Waals surface area contributed by atoms with Gasteiger partial charge in [0.05, 0.1) is 26.3 Å². The lowest BCUT2D eigenvalue weighted by Crippen LogP contribution is -2.39. The molecule has 1 saturated heterocycles. The normalized spacial score (nSPS) is 15.7. The van der Waals surface area contributed by atoms with Crippen LogP contribution in [0.15, 0.2) is 54.6 Å². The third-order valence-electron chi connectivity index (χ3n) is 4.94. The number of ether oxygens (including phenoxy) is 1. The molecule has 0 spiro atoms. The number of benzene rings is 2. The average molecular weight is 337 g/mol. The molecule has 3 aromatic rings. The predicted molar refractivity (Wildman–Crippen MR) is 99.3 cm³/mol. The minimum absolute atomic E-state index is 0.789. The minimum atomic E-state index is 0.789. The van der Waals surface area contributed by atoms with Crippen LogP contribution in [0.5, 0.6) is 0 Å². The number of para-hydroxylation sites is 2. The van der Waals surface area contributed by atoms with E-state index >= 15 is 0 Å². The van der Waals surface area contributed by atoms with E-state index in [4.69, 9.17) is 10.5 Å². The van der Waals surface area contributed by atoms with Crippen LogP contribution in [0.4, 0.5) is 5.95 Å². The monoisotopic (exact) mass is 337 g/mol. The highest BCUT2D eigenvalue weighted by atomic mass is 16.5. The van der Waals surface area contributed by atoms with E-state index < -0.39 is 0 Å². The molecule has 0 amide bonds. The molecule has 5 nitrogen and oxygen atoms in total. The van der Waals surface area contributed by atoms with Gasteiger partial charge < -0.3 is 4.74 Å². The second-order valence-corrected chi connectivity index (χ2v) is 6.52. The summed E-state index contributed by atoms with van der Waals surface area (Å²) >= 11 is 0. The molecule has 25 heavy (non-hydrogen) atoms. The molecule has 5 heteroatoms. The first-order chi connectivity index (χ1) is 12.3. The molecule has 0 bridgehead atoms. The lowest BCUT2D eigenvalue weighted by atomic mass is 10.2. The fourth-order valence-corrected chi connectivity index (χ4v) is 3.55. The molecular weight excluding hydrogens is 312 g/mol. The zero-order chi connectivity index (χ0) is 17.1. The molecule has 130 valence electrons. The Bertz CT molecular complexity index is 838. The second-order valence-electron chi connectivity index (χ2n) is 6.52. The molecule has 1 fully saturated rings. The number of hydrogen-bond acceptors (Lipinski definition) is 3. The molecule has 0 atom stereocenters. The largest absolute Gasteiger partial charge is 0.379 e. The summed E-state index contributed by atoms with van der Waals surface area (Å²) in [5.74, 6) is 0.818. The Hall–Kier alpha value is -2.37. The van der Waals surface area contributed by atoms with Crippen LogP contribution in [0.25, 0.3) is 11.0 Å². The minimum Gasteiger partial charge on any atom is -0.379 e. The highest BCUT2D eigenvalue weighted by Crippen LogP contribution is 2.17. The quantitative estimate of drug-likeness (QED) is 0.723. The first kappa shape index (κ1) is 16.1. The highest BCUT2D eigenvalue weighted by Gasteiger charge is 2.21. The van der Waals surface area contributed by atoms with Crippen LogP contribution in [0, 0.1) is 0 Å². The molecule has 0 saturated carbocycles. The van der Waals surface area contributed by atoms with Crippen molar-refractivity contribution in [1.82, 2.24) is 9.47 Å². The van der Waals surface area contributed by atoms with Gasteiger partial charge >= 0.3 is 5.95 Å². The van der Waals surface area contributed by atoms with Crippen LogP contribution in [-0.2, 0) is 17.8 Å². The Morgan fingerprint density at radius 2 is 1.64 bits per heavy atom. The van der Waals surface area contributed by atoms with Gasteiger partial charge in [-0.25, -0.2) is 9.13 Å². The van der Waals surface area contributed by atoms with Crippen molar-refractivity contribution in [2.45, 2.75) is 13.1 Å². The number of anilines is 1. The van der Waals surface area contributed by atoms with Gasteiger partial charge in [-0.1, -0.05) is 42.5 Å². The van der Waals surface area contributed by atoms with Gasteiger partial charge in [-0.2, -0.15) is 0 Å². The summed E-state index contributed by atoms with van der Waals surface area (Å²) in [6.45, 7) is 6.35. The molecule has 0 radical (unpaired) electrons. The van der Waals surface area contributed by atoms with E-state index in [0.717, 1.165) is 51.9 Å². The van der Waals surface area contributed by atoms with E-state index in [2.05, 4.69) is 62.6 Å². The summed E-state index contributed by atoms with van der Waals surface area (Å²) in [5.41, 5.74) is 10.2. The lowest BCUT2D eigenvalue weighted by Gasteiger charge is -2.25. The van der Waals surface area contributed by atoms with Crippen molar-refractivity contribution in [3.05, 3.63) is 60.2 Å². The predicted octanol–water partition coefficient (Wildman–Crippen LogP) is 1.89.